The molecule has 1 aromatic carbocycles. The largest absolute Gasteiger partial charge is 0.355 e. The molecule has 1 aromatic rings. The van der Waals surface area contributed by atoms with E-state index in [0.29, 0.717) is 13.1 Å². The van der Waals surface area contributed by atoms with Gasteiger partial charge < -0.3 is 10.2 Å². The van der Waals surface area contributed by atoms with Gasteiger partial charge in [0.15, 0.2) is 0 Å². The Morgan fingerprint density at radius 1 is 1.04 bits per heavy atom. The van der Waals surface area contributed by atoms with E-state index in [2.05, 4.69) is 15.1 Å². The molecule has 2 fully saturated rings. The number of carbonyl (C=O) groups excluding carboxylic acids is 1. The Bertz CT molecular complexity index is 534. The Morgan fingerprint density at radius 3 is 2.40 bits per heavy atom. The number of hydrogen-bond donors (Lipinski definition) is 1. The molecule has 2 aliphatic heterocycles. The maximum absolute atomic E-state index is 12.9. The molecule has 2 saturated heterocycles. The maximum atomic E-state index is 12.9. The summed E-state index contributed by atoms with van der Waals surface area (Å²) in [6.07, 6.45) is 7.18. The van der Waals surface area contributed by atoms with Crippen molar-refractivity contribution in [1.29, 1.82) is 0 Å². The lowest BCUT2D eigenvalue weighted by Crippen LogP contribution is -2.48. The normalized spacial score (nSPS) is 20.5. The number of hydrogen-bond acceptors (Lipinski definition) is 3. The lowest BCUT2D eigenvalue weighted by Gasteiger charge is -2.40. The van der Waals surface area contributed by atoms with Gasteiger partial charge >= 0.3 is 0 Å². The molecule has 0 spiro atoms. The van der Waals surface area contributed by atoms with Crippen LogP contribution in [0.5, 0.6) is 0 Å². The van der Waals surface area contributed by atoms with E-state index in [0.717, 1.165) is 31.1 Å². The van der Waals surface area contributed by atoms with Crippen molar-refractivity contribution in [2.24, 2.45) is 0 Å². The van der Waals surface area contributed by atoms with Gasteiger partial charge in [0, 0.05) is 25.7 Å². The predicted octanol–water partition coefficient (Wildman–Crippen LogP) is 2.43. The van der Waals surface area contributed by atoms with Gasteiger partial charge in [-0.1, -0.05) is 18.6 Å². The summed E-state index contributed by atoms with van der Waals surface area (Å²) in [7, 11) is 0. The molecule has 1 N–H and O–H groups in total. The lowest BCUT2D eigenvalue weighted by molar-refractivity contribution is -0.122. The zero-order valence-electron chi connectivity index (χ0n) is 15.1. The van der Waals surface area contributed by atoms with Crippen LogP contribution in [0, 0.1) is 5.82 Å². The molecule has 0 radical (unpaired) electrons. The number of piperidine rings is 2. The molecular weight excluding hydrogens is 317 g/mol. The molecule has 0 bridgehead atoms. The van der Waals surface area contributed by atoms with Crippen LogP contribution in [-0.2, 0) is 11.2 Å². The van der Waals surface area contributed by atoms with Crippen LogP contribution in [0.3, 0.4) is 0 Å². The van der Waals surface area contributed by atoms with Crippen LogP contribution in [-0.4, -0.2) is 61.0 Å². The van der Waals surface area contributed by atoms with Crippen LogP contribution in [0.15, 0.2) is 24.3 Å². The first kappa shape index (κ1) is 18.3. The van der Waals surface area contributed by atoms with E-state index in [4.69, 9.17) is 0 Å². The molecule has 2 heterocycles. The summed E-state index contributed by atoms with van der Waals surface area (Å²) in [5.41, 5.74) is 1.05. The molecular formula is C20H30FN3O. The fourth-order valence-corrected chi connectivity index (χ4v) is 3.98. The monoisotopic (exact) mass is 347 g/mol. The van der Waals surface area contributed by atoms with Gasteiger partial charge in [0.1, 0.15) is 5.82 Å². The van der Waals surface area contributed by atoms with Crippen molar-refractivity contribution in [2.45, 2.75) is 44.6 Å². The van der Waals surface area contributed by atoms with Crippen LogP contribution in [0.2, 0.25) is 0 Å². The van der Waals surface area contributed by atoms with E-state index >= 15 is 0 Å². The van der Waals surface area contributed by atoms with Gasteiger partial charge in [0.25, 0.3) is 0 Å². The lowest BCUT2D eigenvalue weighted by atomic mass is 10.00. The summed E-state index contributed by atoms with van der Waals surface area (Å²) in [6.45, 7) is 5.66. The summed E-state index contributed by atoms with van der Waals surface area (Å²) < 4.78 is 12.9. The van der Waals surface area contributed by atoms with E-state index in [1.807, 2.05) is 0 Å². The second kappa shape index (κ2) is 9.30. The number of rotatable bonds is 6. The maximum Gasteiger partial charge on any atom is 0.234 e. The van der Waals surface area contributed by atoms with E-state index in [1.165, 1.54) is 57.3 Å². The number of benzene rings is 1. The molecule has 138 valence electrons. The molecule has 0 saturated carbocycles. The van der Waals surface area contributed by atoms with Gasteiger partial charge in [0.2, 0.25) is 5.91 Å². The third kappa shape index (κ3) is 5.79. The SMILES string of the molecule is O=C(CN1CCC(N2CCCCC2)CC1)NCCc1ccc(F)cc1. The van der Waals surface area contributed by atoms with Crippen molar-refractivity contribution in [2.75, 3.05) is 39.3 Å². The van der Waals surface area contributed by atoms with Crippen LogP contribution in [0.25, 0.3) is 0 Å². The zero-order valence-corrected chi connectivity index (χ0v) is 15.1. The predicted molar refractivity (Wildman–Crippen MR) is 98.0 cm³/mol. The van der Waals surface area contributed by atoms with E-state index < -0.39 is 0 Å². The fraction of sp³-hybridized carbons (Fsp3) is 0.650. The second-order valence-electron chi connectivity index (χ2n) is 7.33. The van der Waals surface area contributed by atoms with Crippen LogP contribution < -0.4 is 5.32 Å². The minimum absolute atomic E-state index is 0.0959. The molecule has 0 aromatic heterocycles. The minimum Gasteiger partial charge on any atom is -0.355 e. The van der Waals surface area contributed by atoms with Crippen molar-refractivity contribution >= 4 is 5.91 Å². The Morgan fingerprint density at radius 2 is 1.72 bits per heavy atom. The average molecular weight is 347 g/mol. The van der Waals surface area contributed by atoms with Crippen molar-refractivity contribution < 1.29 is 9.18 Å². The first-order valence-electron chi connectivity index (χ1n) is 9.68. The summed E-state index contributed by atoms with van der Waals surface area (Å²) in [6, 6.07) is 7.19. The number of nitrogens with zero attached hydrogens (tertiary/aromatic N) is 2. The Hall–Kier alpha value is -1.46. The average Bonchev–Trinajstić information content (AvgIpc) is 2.65. The van der Waals surface area contributed by atoms with Crippen LogP contribution in [0.1, 0.15) is 37.7 Å². The molecule has 3 rings (SSSR count). The number of nitrogens with one attached hydrogen (secondary N) is 1. The first-order valence-corrected chi connectivity index (χ1v) is 9.68. The summed E-state index contributed by atoms with van der Waals surface area (Å²) in [5.74, 6) is -0.126. The molecule has 0 atom stereocenters. The number of amides is 1. The number of carbonyl (C=O) groups is 1. The van der Waals surface area contributed by atoms with Crippen LogP contribution in [0.4, 0.5) is 4.39 Å². The molecule has 1 amide bonds. The van der Waals surface area contributed by atoms with Gasteiger partial charge in [-0.3, -0.25) is 9.69 Å². The smallest absolute Gasteiger partial charge is 0.234 e. The highest BCUT2D eigenvalue weighted by Gasteiger charge is 2.26. The third-order valence-electron chi connectivity index (χ3n) is 5.48. The molecule has 2 aliphatic rings. The highest BCUT2D eigenvalue weighted by atomic mass is 19.1. The standard InChI is InChI=1S/C20H30FN3O/c21-18-6-4-17(5-7-18)8-11-22-20(25)16-23-14-9-19(10-15-23)24-12-2-1-3-13-24/h4-7,19H,1-3,8-16H2,(H,22,25). The van der Waals surface area contributed by atoms with Gasteiger partial charge in [0.05, 0.1) is 6.54 Å². The Kier molecular flexibility index (Phi) is 6.82. The highest BCUT2D eigenvalue weighted by molar-refractivity contribution is 5.78. The minimum atomic E-state index is -0.222. The van der Waals surface area contributed by atoms with E-state index in [1.54, 1.807) is 12.1 Å². The van der Waals surface area contributed by atoms with Crippen molar-refractivity contribution in [3.05, 3.63) is 35.6 Å². The third-order valence-corrected chi connectivity index (χ3v) is 5.48. The van der Waals surface area contributed by atoms with Crippen LogP contribution >= 0.6 is 0 Å². The zero-order chi connectivity index (χ0) is 17.5. The summed E-state index contributed by atoms with van der Waals surface area (Å²) >= 11 is 0. The van der Waals surface area contributed by atoms with Gasteiger partial charge in [-0.05, 0) is 62.9 Å². The van der Waals surface area contributed by atoms with Gasteiger partial charge in [-0.2, -0.15) is 0 Å². The molecule has 25 heavy (non-hydrogen) atoms. The summed E-state index contributed by atoms with van der Waals surface area (Å²) in [4.78, 5) is 17.0. The summed E-state index contributed by atoms with van der Waals surface area (Å²) in [5, 5.41) is 2.98. The Balaban J connectivity index is 1.31. The fourth-order valence-electron chi connectivity index (χ4n) is 3.98. The van der Waals surface area contributed by atoms with Crippen molar-refractivity contribution in [3.63, 3.8) is 0 Å². The first-order chi connectivity index (χ1) is 12.2. The number of halogens is 1. The van der Waals surface area contributed by atoms with Gasteiger partial charge in [-0.15, -0.1) is 0 Å². The van der Waals surface area contributed by atoms with Gasteiger partial charge in [-0.25, -0.2) is 4.39 Å². The van der Waals surface area contributed by atoms with E-state index in [9.17, 15) is 9.18 Å². The molecule has 4 nitrogen and oxygen atoms in total. The quantitative estimate of drug-likeness (QED) is 0.858. The Labute approximate surface area is 150 Å². The topological polar surface area (TPSA) is 35.6 Å². The molecule has 5 heteroatoms. The molecule has 0 unspecified atom stereocenters. The number of likely N-dealkylation sites (tertiary alicyclic amines) is 2. The molecule has 0 aliphatic carbocycles. The second-order valence-corrected chi connectivity index (χ2v) is 7.33. The highest BCUT2D eigenvalue weighted by Crippen LogP contribution is 2.20. The van der Waals surface area contributed by atoms with E-state index in [-0.39, 0.29) is 11.7 Å². The van der Waals surface area contributed by atoms with Crippen molar-refractivity contribution in [1.82, 2.24) is 15.1 Å². The van der Waals surface area contributed by atoms with Crippen molar-refractivity contribution in [3.8, 4) is 0 Å².